The predicted molar refractivity (Wildman–Crippen MR) is 106 cm³/mol. The molecule has 0 aromatic heterocycles. The van der Waals surface area contributed by atoms with E-state index in [9.17, 15) is 14.0 Å². The van der Waals surface area contributed by atoms with Crippen LogP contribution in [-0.2, 0) is 9.47 Å². The van der Waals surface area contributed by atoms with Crippen LogP contribution in [0.4, 0.5) is 19.7 Å². The summed E-state index contributed by atoms with van der Waals surface area (Å²) in [7, 11) is 0. The molecule has 2 amide bonds. The van der Waals surface area contributed by atoms with Crippen LogP contribution in [-0.4, -0.2) is 35.5 Å². The van der Waals surface area contributed by atoms with E-state index in [1.54, 1.807) is 0 Å². The van der Waals surface area contributed by atoms with Crippen molar-refractivity contribution in [3.05, 3.63) is 28.5 Å². The molecule has 1 N–H and O–H groups in total. The number of amides is 2. The zero-order valence-electron chi connectivity index (χ0n) is 16.4. The Balaban J connectivity index is 1.57. The summed E-state index contributed by atoms with van der Waals surface area (Å²) in [5.74, 6) is -0.488. The lowest BCUT2D eigenvalue weighted by Gasteiger charge is -2.51. The largest absolute Gasteiger partial charge is 0.414 e. The van der Waals surface area contributed by atoms with Crippen molar-refractivity contribution in [1.82, 2.24) is 4.90 Å². The number of carbonyl (C=O) groups is 2. The lowest BCUT2D eigenvalue weighted by Crippen LogP contribution is -2.60. The van der Waals surface area contributed by atoms with E-state index < -0.39 is 24.8 Å². The first-order chi connectivity index (χ1) is 13.1. The van der Waals surface area contributed by atoms with Crippen LogP contribution in [0.3, 0.4) is 0 Å². The van der Waals surface area contributed by atoms with Gasteiger partial charge >= 0.3 is 12.2 Å². The number of fused-ring (bicyclic) bond motifs is 2. The SMILES string of the molecule is CC(C)(C)C12CCCC(CC1)N2C(=O)OCOC(=O)Nc1cc(F)ccc1Br. The van der Waals surface area contributed by atoms with E-state index in [-0.39, 0.29) is 22.7 Å². The van der Waals surface area contributed by atoms with Crippen LogP contribution in [0.2, 0.25) is 0 Å². The van der Waals surface area contributed by atoms with E-state index >= 15 is 0 Å². The maximum Gasteiger partial charge on any atom is 0.414 e. The fourth-order valence-corrected chi connectivity index (χ4v) is 4.88. The summed E-state index contributed by atoms with van der Waals surface area (Å²) in [6.07, 6.45) is 3.70. The molecule has 28 heavy (non-hydrogen) atoms. The molecular weight excluding hydrogens is 431 g/mol. The summed E-state index contributed by atoms with van der Waals surface area (Å²) < 4.78 is 24.0. The molecule has 2 atom stereocenters. The second-order valence-corrected chi connectivity index (χ2v) is 9.30. The van der Waals surface area contributed by atoms with Gasteiger partial charge < -0.3 is 9.47 Å². The number of hydrogen-bond acceptors (Lipinski definition) is 4. The van der Waals surface area contributed by atoms with Crippen LogP contribution in [0.1, 0.15) is 52.9 Å². The Labute approximate surface area is 172 Å². The third kappa shape index (κ3) is 3.97. The molecule has 2 aliphatic rings. The number of nitrogens with zero attached hydrogens (tertiary/aromatic N) is 1. The number of ether oxygens (including phenoxy) is 2. The van der Waals surface area contributed by atoms with Crippen molar-refractivity contribution in [2.75, 3.05) is 12.1 Å². The normalized spacial score (nSPS) is 24.0. The van der Waals surface area contributed by atoms with Gasteiger partial charge in [0.25, 0.3) is 0 Å². The standard InChI is InChI=1S/C20H26BrFN2O4/c1-19(2,3)20-9-4-5-14(8-10-20)24(20)18(26)28-12-27-17(25)23-16-11-13(22)6-7-15(16)21/h6-7,11,14H,4-5,8-10,12H2,1-3H3,(H,23,25). The molecule has 2 bridgehead atoms. The van der Waals surface area contributed by atoms with Gasteiger partial charge in [0.05, 0.1) is 11.2 Å². The van der Waals surface area contributed by atoms with Crippen LogP contribution in [0.15, 0.2) is 22.7 Å². The molecule has 0 spiro atoms. The van der Waals surface area contributed by atoms with E-state index in [0.29, 0.717) is 4.47 Å². The number of halogens is 2. The number of benzene rings is 1. The first-order valence-electron chi connectivity index (χ1n) is 9.49. The molecule has 0 saturated carbocycles. The van der Waals surface area contributed by atoms with Crippen molar-refractivity contribution in [3.63, 3.8) is 0 Å². The quantitative estimate of drug-likeness (QED) is 0.595. The molecule has 0 aliphatic carbocycles. The Bertz CT molecular complexity index is 763. The smallest absolute Gasteiger partial charge is 0.411 e. The predicted octanol–water partition coefficient (Wildman–Crippen LogP) is 5.66. The van der Waals surface area contributed by atoms with E-state index in [2.05, 4.69) is 42.0 Å². The number of nitrogens with one attached hydrogen (secondary N) is 1. The number of rotatable bonds is 3. The number of piperidine rings is 1. The van der Waals surface area contributed by atoms with Gasteiger partial charge in [-0.15, -0.1) is 0 Å². The van der Waals surface area contributed by atoms with Gasteiger partial charge in [-0.3, -0.25) is 10.2 Å². The van der Waals surface area contributed by atoms with Crippen LogP contribution < -0.4 is 5.32 Å². The highest BCUT2D eigenvalue weighted by molar-refractivity contribution is 9.10. The maximum atomic E-state index is 13.3. The highest BCUT2D eigenvalue weighted by Crippen LogP contribution is 2.53. The Morgan fingerprint density at radius 3 is 2.75 bits per heavy atom. The van der Waals surface area contributed by atoms with Crippen LogP contribution in [0, 0.1) is 11.2 Å². The fourth-order valence-electron chi connectivity index (χ4n) is 4.53. The van der Waals surface area contributed by atoms with Crippen molar-refractivity contribution in [1.29, 1.82) is 0 Å². The number of hydrogen-bond donors (Lipinski definition) is 1. The van der Waals surface area contributed by atoms with Gasteiger partial charge in [0.2, 0.25) is 6.79 Å². The Kier molecular flexibility index (Phi) is 5.89. The van der Waals surface area contributed by atoms with Gasteiger partial charge in [0, 0.05) is 10.5 Å². The molecule has 2 fully saturated rings. The Hall–Kier alpha value is -1.83. The second kappa shape index (κ2) is 7.89. The van der Waals surface area contributed by atoms with Gasteiger partial charge in [0.15, 0.2) is 0 Å². The Morgan fingerprint density at radius 1 is 1.29 bits per heavy atom. The summed E-state index contributed by atoms with van der Waals surface area (Å²) in [4.78, 5) is 26.6. The number of carbonyl (C=O) groups excluding carboxylic acids is 2. The maximum absolute atomic E-state index is 13.3. The highest BCUT2D eigenvalue weighted by atomic mass is 79.9. The molecule has 6 nitrogen and oxygen atoms in total. The van der Waals surface area contributed by atoms with Crippen molar-refractivity contribution in [2.45, 2.75) is 64.5 Å². The topological polar surface area (TPSA) is 67.9 Å². The van der Waals surface area contributed by atoms with Crippen LogP contribution >= 0.6 is 15.9 Å². The molecule has 2 saturated heterocycles. The molecular formula is C20H26BrFN2O4. The molecule has 2 unspecified atom stereocenters. The van der Waals surface area contributed by atoms with Crippen LogP contribution in [0.25, 0.3) is 0 Å². The van der Waals surface area contributed by atoms with E-state index in [0.717, 1.165) is 38.2 Å². The average molecular weight is 457 g/mol. The minimum Gasteiger partial charge on any atom is -0.411 e. The van der Waals surface area contributed by atoms with Crippen molar-refractivity contribution in [3.8, 4) is 0 Å². The lowest BCUT2D eigenvalue weighted by molar-refractivity contribution is -0.0474. The first kappa shape index (κ1) is 20.9. The molecule has 2 heterocycles. The summed E-state index contributed by atoms with van der Waals surface area (Å²) >= 11 is 3.22. The third-order valence-electron chi connectivity index (χ3n) is 5.98. The second-order valence-electron chi connectivity index (χ2n) is 8.45. The summed E-state index contributed by atoms with van der Waals surface area (Å²) in [6, 6.07) is 4.08. The third-order valence-corrected chi connectivity index (χ3v) is 6.67. The minimum atomic E-state index is -0.828. The van der Waals surface area contributed by atoms with Crippen molar-refractivity contribution < 1.29 is 23.5 Å². The molecule has 2 aliphatic heterocycles. The fraction of sp³-hybridized carbons (Fsp3) is 0.600. The van der Waals surface area contributed by atoms with Gasteiger partial charge in [0.1, 0.15) is 5.82 Å². The zero-order valence-corrected chi connectivity index (χ0v) is 18.0. The van der Waals surface area contributed by atoms with Crippen molar-refractivity contribution in [2.24, 2.45) is 5.41 Å². The van der Waals surface area contributed by atoms with Gasteiger partial charge in [-0.1, -0.05) is 20.8 Å². The summed E-state index contributed by atoms with van der Waals surface area (Å²) in [5, 5.41) is 2.41. The summed E-state index contributed by atoms with van der Waals surface area (Å²) in [6.45, 7) is 5.96. The van der Waals surface area contributed by atoms with E-state index in [4.69, 9.17) is 9.47 Å². The van der Waals surface area contributed by atoms with E-state index in [1.807, 2.05) is 4.90 Å². The van der Waals surface area contributed by atoms with E-state index in [1.165, 1.54) is 12.1 Å². The van der Waals surface area contributed by atoms with Gasteiger partial charge in [-0.2, -0.15) is 0 Å². The first-order valence-corrected chi connectivity index (χ1v) is 10.3. The molecule has 8 heteroatoms. The lowest BCUT2D eigenvalue weighted by atomic mass is 9.68. The average Bonchev–Trinajstić information content (AvgIpc) is 2.84. The monoisotopic (exact) mass is 456 g/mol. The molecule has 3 rings (SSSR count). The molecule has 0 radical (unpaired) electrons. The van der Waals surface area contributed by atoms with Crippen LogP contribution in [0.5, 0.6) is 0 Å². The molecule has 1 aromatic carbocycles. The Morgan fingerprint density at radius 2 is 2.04 bits per heavy atom. The van der Waals surface area contributed by atoms with Gasteiger partial charge in [-0.05, 0) is 71.6 Å². The highest BCUT2D eigenvalue weighted by Gasteiger charge is 2.57. The summed E-state index contributed by atoms with van der Waals surface area (Å²) in [5.41, 5.74) is -0.0535. The number of anilines is 1. The minimum absolute atomic E-state index is 0.0664. The zero-order chi connectivity index (χ0) is 20.5. The van der Waals surface area contributed by atoms with Crippen molar-refractivity contribution >= 4 is 33.8 Å². The van der Waals surface area contributed by atoms with Gasteiger partial charge in [-0.25, -0.2) is 14.0 Å². The molecule has 1 aromatic rings. The molecule has 154 valence electrons.